The number of hydrogen-bond acceptors (Lipinski definition) is 6. The Hall–Kier alpha value is -1.94. The number of hydrazone groups is 2. The highest BCUT2D eigenvalue weighted by molar-refractivity contribution is 8.13. The normalized spacial score (nSPS) is 13.0. The molecule has 0 amide bonds. The van der Waals surface area contributed by atoms with Crippen molar-refractivity contribution < 1.29 is 0 Å². The van der Waals surface area contributed by atoms with Crippen LogP contribution < -0.4 is 16.2 Å². The minimum Gasteiger partial charge on any atom is -0.362 e. The number of thiocarbonyl (C=S) groups is 1. The molecule has 3 N–H and O–H groups in total. The maximum Gasteiger partial charge on any atom is 0.186 e. The first-order chi connectivity index (χ1) is 11.5. The predicted molar refractivity (Wildman–Crippen MR) is 107 cm³/mol. The Morgan fingerprint density at radius 2 is 2.08 bits per heavy atom. The molecule has 0 aliphatic carbocycles. The lowest BCUT2D eigenvalue weighted by atomic mass is 10.2. The molecule has 1 aromatic heterocycles. The number of hydrogen-bond donors (Lipinski definition) is 3. The van der Waals surface area contributed by atoms with Gasteiger partial charge in [0.2, 0.25) is 0 Å². The van der Waals surface area contributed by atoms with E-state index >= 15 is 0 Å². The van der Waals surface area contributed by atoms with Crippen LogP contribution in [0.25, 0.3) is 0 Å². The Morgan fingerprint density at radius 3 is 2.62 bits per heavy atom. The molecule has 0 atom stereocenters. The Morgan fingerprint density at radius 1 is 1.33 bits per heavy atom. The third-order valence-electron chi connectivity index (χ3n) is 2.83. The molecular weight excluding hydrogens is 344 g/mol. The van der Waals surface area contributed by atoms with Crippen LogP contribution in [-0.2, 0) is 7.05 Å². The number of aromatic nitrogens is 2. The third-order valence-corrected chi connectivity index (χ3v) is 3.67. The highest BCUT2D eigenvalue weighted by Gasteiger charge is 2.13. The van der Waals surface area contributed by atoms with Crippen LogP contribution in [0.5, 0.6) is 0 Å². The van der Waals surface area contributed by atoms with Crippen LogP contribution in [0.4, 0.5) is 0 Å². The van der Waals surface area contributed by atoms with Crippen molar-refractivity contribution in [2.75, 3.05) is 19.3 Å². The van der Waals surface area contributed by atoms with Gasteiger partial charge >= 0.3 is 0 Å². The summed E-state index contributed by atoms with van der Waals surface area (Å²) in [6, 6.07) is 1.87. The Bertz CT molecular complexity index is 632. The summed E-state index contributed by atoms with van der Waals surface area (Å²) >= 11 is 6.65. The zero-order chi connectivity index (χ0) is 17.9. The van der Waals surface area contributed by atoms with Crippen LogP contribution in [0.15, 0.2) is 27.5 Å². The van der Waals surface area contributed by atoms with Gasteiger partial charge in [-0.1, -0.05) is 11.8 Å². The molecule has 0 radical (unpaired) electrons. The van der Waals surface area contributed by atoms with Crippen molar-refractivity contribution in [1.82, 2.24) is 25.9 Å². The number of aryl methyl sites for hydroxylation is 1. The van der Waals surface area contributed by atoms with Crippen molar-refractivity contribution in [2.45, 2.75) is 20.8 Å². The molecule has 1 aromatic rings. The zero-order valence-corrected chi connectivity index (χ0v) is 16.3. The van der Waals surface area contributed by atoms with Crippen molar-refractivity contribution >= 4 is 45.7 Å². The van der Waals surface area contributed by atoms with Crippen LogP contribution in [-0.4, -0.2) is 50.8 Å². The van der Waals surface area contributed by atoms with Gasteiger partial charge in [-0.05, 0) is 45.3 Å². The fraction of sp³-hybridized carbons (Fsp3) is 0.500. The molecule has 0 aliphatic rings. The number of rotatable bonds is 6. The Labute approximate surface area is 152 Å². The molecule has 132 valence electrons. The lowest BCUT2D eigenvalue weighted by molar-refractivity contribution is 0.759. The molecule has 0 bridgehead atoms. The van der Waals surface area contributed by atoms with E-state index in [0.29, 0.717) is 23.1 Å². The minimum atomic E-state index is 0.454. The molecule has 0 saturated carbocycles. The van der Waals surface area contributed by atoms with Crippen LogP contribution in [0, 0.1) is 0 Å². The largest absolute Gasteiger partial charge is 0.362 e. The fourth-order valence-corrected chi connectivity index (χ4v) is 2.30. The Balaban J connectivity index is 3.04. The smallest absolute Gasteiger partial charge is 0.186 e. The molecule has 0 saturated heterocycles. The molecule has 24 heavy (non-hydrogen) atoms. The van der Waals surface area contributed by atoms with Gasteiger partial charge in [-0.25, -0.2) is 0 Å². The van der Waals surface area contributed by atoms with E-state index in [2.05, 4.69) is 36.5 Å². The second-order valence-corrected chi connectivity index (χ2v) is 5.77. The first kappa shape index (κ1) is 20.1. The molecule has 0 unspecified atom stereocenters. The molecular formula is C14H24N8S2. The van der Waals surface area contributed by atoms with E-state index < -0.39 is 0 Å². The molecule has 1 heterocycles. The van der Waals surface area contributed by atoms with E-state index in [-0.39, 0.29) is 0 Å². The van der Waals surface area contributed by atoms with Crippen molar-refractivity contribution in [2.24, 2.45) is 22.2 Å². The SMILES string of the molecule is CCN=C(N/N=C(C)/C(=N/NC(=S)NCC)c1ccnn1C)SC. The second kappa shape index (κ2) is 10.8. The maximum atomic E-state index is 5.15. The van der Waals surface area contributed by atoms with Crippen LogP contribution in [0.2, 0.25) is 0 Å². The Kier molecular flexibility index (Phi) is 9.02. The third kappa shape index (κ3) is 6.28. The summed E-state index contributed by atoms with van der Waals surface area (Å²) in [5.74, 6) is 0. The highest BCUT2D eigenvalue weighted by atomic mass is 32.2. The van der Waals surface area contributed by atoms with Crippen molar-refractivity contribution in [3.05, 3.63) is 18.0 Å². The van der Waals surface area contributed by atoms with E-state index in [1.807, 2.05) is 40.1 Å². The molecule has 0 aromatic carbocycles. The summed E-state index contributed by atoms with van der Waals surface area (Å²) in [4.78, 5) is 4.31. The van der Waals surface area contributed by atoms with Crippen molar-refractivity contribution in [3.63, 3.8) is 0 Å². The first-order valence-corrected chi connectivity index (χ1v) is 9.15. The number of amidine groups is 1. The first-order valence-electron chi connectivity index (χ1n) is 7.52. The minimum absolute atomic E-state index is 0.454. The van der Waals surface area contributed by atoms with Gasteiger partial charge in [-0.15, -0.1) is 0 Å². The van der Waals surface area contributed by atoms with Crippen LogP contribution >= 0.6 is 24.0 Å². The van der Waals surface area contributed by atoms with Gasteiger partial charge in [-0.3, -0.25) is 20.5 Å². The maximum absolute atomic E-state index is 5.15. The average molecular weight is 369 g/mol. The van der Waals surface area contributed by atoms with Gasteiger partial charge in [0.05, 0.1) is 11.4 Å². The predicted octanol–water partition coefficient (Wildman–Crippen LogP) is 1.31. The number of nitrogens with zero attached hydrogens (tertiary/aromatic N) is 5. The second-order valence-electron chi connectivity index (χ2n) is 4.56. The number of aliphatic imine (C=N–C) groups is 1. The molecule has 0 aliphatic heterocycles. The summed E-state index contributed by atoms with van der Waals surface area (Å²) < 4.78 is 1.73. The number of nitrogens with one attached hydrogen (secondary N) is 3. The topological polar surface area (TPSA) is 91.0 Å². The van der Waals surface area contributed by atoms with Crippen molar-refractivity contribution in [1.29, 1.82) is 0 Å². The van der Waals surface area contributed by atoms with E-state index in [4.69, 9.17) is 12.2 Å². The molecule has 8 nitrogen and oxygen atoms in total. The van der Waals surface area contributed by atoms with Gasteiger partial charge in [0.1, 0.15) is 5.71 Å². The van der Waals surface area contributed by atoms with E-state index in [9.17, 15) is 0 Å². The standard InChI is InChI=1S/C14H24N8S2/c1-6-15-13(23)20-19-12(11-8-9-17-22(11)4)10(3)18-21-14(24-5)16-7-2/h8-9H,6-7H2,1-5H3,(H,16,21)(H2,15,20,23)/b18-10+,19-12-. The lowest BCUT2D eigenvalue weighted by Crippen LogP contribution is -2.33. The lowest BCUT2D eigenvalue weighted by Gasteiger charge is -2.10. The van der Waals surface area contributed by atoms with Crippen LogP contribution in [0.1, 0.15) is 26.5 Å². The van der Waals surface area contributed by atoms with E-state index in [1.54, 1.807) is 10.9 Å². The molecule has 1 rings (SSSR count). The van der Waals surface area contributed by atoms with Gasteiger partial charge in [-0.2, -0.15) is 15.3 Å². The van der Waals surface area contributed by atoms with Crippen LogP contribution in [0.3, 0.4) is 0 Å². The van der Waals surface area contributed by atoms with E-state index in [0.717, 1.165) is 17.4 Å². The summed E-state index contributed by atoms with van der Waals surface area (Å²) in [7, 11) is 1.85. The zero-order valence-electron chi connectivity index (χ0n) is 14.6. The molecule has 0 spiro atoms. The monoisotopic (exact) mass is 368 g/mol. The number of thioether (sulfide) groups is 1. The fourth-order valence-electron chi connectivity index (χ4n) is 1.71. The molecule has 10 heteroatoms. The van der Waals surface area contributed by atoms with Gasteiger partial charge in [0.15, 0.2) is 10.3 Å². The summed E-state index contributed by atoms with van der Waals surface area (Å²) in [5.41, 5.74) is 7.93. The average Bonchev–Trinajstić information content (AvgIpc) is 2.98. The van der Waals surface area contributed by atoms with Gasteiger partial charge < -0.3 is 5.32 Å². The van der Waals surface area contributed by atoms with E-state index in [1.165, 1.54) is 11.8 Å². The summed E-state index contributed by atoms with van der Waals surface area (Å²) in [6.07, 6.45) is 3.65. The van der Waals surface area contributed by atoms with Gasteiger partial charge in [0.25, 0.3) is 0 Å². The van der Waals surface area contributed by atoms with Crippen molar-refractivity contribution in [3.8, 4) is 0 Å². The van der Waals surface area contributed by atoms with Gasteiger partial charge in [0, 0.05) is 26.3 Å². The quantitative estimate of drug-likeness (QED) is 0.304. The summed E-state index contributed by atoms with van der Waals surface area (Å²) in [6.45, 7) is 7.22. The molecule has 0 fully saturated rings. The highest BCUT2D eigenvalue weighted by Crippen LogP contribution is 2.02. The summed E-state index contributed by atoms with van der Waals surface area (Å²) in [5, 5.41) is 17.1.